The van der Waals surface area contributed by atoms with Crippen LogP contribution < -0.4 is 14.8 Å². The average molecular weight is 315 g/mol. The van der Waals surface area contributed by atoms with Crippen LogP contribution in [0.15, 0.2) is 23.1 Å². The molecule has 0 aliphatic carbocycles. The normalized spacial score (nSPS) is 18.6. The van der Waals surface area contributed by atoms with E-state index >= 15 is 0 Å². The molecule has 1 aromatic rings. The predicted octanol–water partition coefficient (Wildman–Crippen LogP) is 0.491. The minimum atomic E-state index is -3.76. The van der Waals surface area contributed by atoms with E-state index in [1.165, 1.54) is 13.2 Å². The van der Waals surface area contributed by atoms with Crippen molar-refractivity contribution >= 4 is 15.7 Å². The summed E-state index contributed by atoms with van der Waals surface area (Å²) < 4.78 is 32.0. The summed E-state index contributed by atoms with van der Waals surface area (Å²) >= 11 is 0. The van der Waals surface area contributed by atoms with Crippen LogP contribution in [0.4, 0.5) is 5.69 Å². The summed E-state index contributed by atoms with van der Waals surface area (Å²) in [5.41, 5.74) is -0.217. The number of hydrogen-bond donors (Lipinski definition) is 2. The molecule has 1 unspecified atom stereocenters. The first-order chi connectivity index (χ1) is 9.94. The molecule has 1 atom stereocenters. The second-order valence-electron chi connectivity index (χ2n) is 4.80. The van der Waals surface area contributed by atoms with Crippen LogP contribution in [0, 0.1) is 16.0 Å². The Bertz CT molecular complexity index is 626. The summed E-state index contributed by atoms with van der Waals surface area (Å²) in [6, 6.07) is 3.44. The first-order valence-corrected chi connectivity index (χ1v) is 7.95. The lowest BCUT2D eigenvalue weighted by atomic mass is 10.1. The fourth-order valence-corrected chi connectivity index (χ4v) is 3.45. The number of nitro benzene ring substituents is 1. The number of methoxy groups -OCH3 is 1. The molecule has 1 heterocycles. The highest BCUT2D eigenvalue weighted by Gasteiger charge is 2.24. The lowest BCUT2D eigenvalue weighted by Gasteiger charge is -2.13. The van der Waals surface area contributed by atoms with Crippen molar-refractivity contribution in [1.29, 1.82) is 0 Å². The summed E-state index contributed by atoms with van der Waals surface area (Å²) in [5.74, 6) is 0.213. The van der Waals surface area contributed by atoms with E-state index in [1.54, 1.807) is 0 Å². The topological polar surface area (TPSA) is 111 Å². The Hall–Kier alpha value is -1.71. The van der Waals surface area contributed by atoms with E-state index in [1.807, 2.05) is 0 Å². The minimum Gasteiger partial charge on any atom is -0.495 e. The molecule has 0 saturated carbocycles. The molecule has 8 nitrogen and oxygen atoms in total. The van der Waals surface area contributed by atoms with Gasteiger partial charge < -0.3 is 10.1 Å². The van der Waals surface area contributed by atoms with Crippen molar-refractivity contribution in [3.8, 4) is 5.75 Å². The standard InChI is InChI=1S/C12H17N3O5S/c1-20-11-6-10(15(16)17)2-3-12(11)21(18,19)14-8-9-4-5-13-7-9/h2-3,6,9,13-14H,4-5,7-8H2,1H3. The van der Waals surface area contributed by atoms with Crippen molar-refractivity contribution in [2.75, 3.05) is 26.7 Å². The van der Waals surface area contributed by atoms with Gasteiger partial charge >= 0.3 is 0 Å². The van der Waals surface area contributed by atoms with Crippen LogP contribution in [0.25, 0.3) is 0 Å². The SMILES string of the molecule is COc1cc([N+](=O)[O-])ccc1S(=O)(=O)NCC1CCNC1. The van der Waals surface area contributed by atoms with E-state index in [9.17, 15) is 18.5 Å². The maximum atomic E-state index is 12.3. The van der Waals surface area contributed by atoms with E-state index in [4.69, 9.17) is 4.74 Å². The molecule has 2 N–H and O–H groups in total. The summed E-state index contributed by atoms with van der Waals surface area (Å²) in [6.45, 7) is 1.99. The number of nitrogens with zero attached hydrogens (tertiary/aromatic N) is 1. The Morgan fingerprint density at radius 2 is 2.29 bits per heavy atom. The summed E-state index contributed by atoms with van der Waals surface area (Å²) in [5, 5.41) is 13.9. The van der Waals surface area contributed by atoms with Gasteiger partial charge in [0.05, 0.1) is 18.1 Å². The summed E-state index contributed by atoms with van der Waals surface area (Å²) in [6.07, 6.45) is 0.917. The van der Waals surface area contributed by atoms with Gasteiger partial charge in [-0.15, -0.1) is 0 Å². The van der Waals surface area contributed by atoms with Crippen molar-refractivity contribution in [3.05, 3.63) is 28.3 Å². The van der Waals surface area contributed by atoms with Crippen molar-refractivity contribution in [3.63, 3.8) is 0 Å². The fourth-order valence-electron chi connectivity index (χ4n) is 2.19. The maximum Gasteiger partial charge on any atom is 0.273 e. The van der Waals surface area contributed by atoms with Gasteiger partial charge in [0.15, 0.2) is 0 Å². The molecule has 0 spiro atoms. The lowest BCUT2D eigenvalue weighted by molar-refractivity contribution is -0.385. The Balaban J connectivity index is 2.20. The number of benzene rings is 1. The third-order valence-corrected chi connectivity index (χ3v) is 4.83. The van der Waals surface area contributed by atoms with Crippen molar-refractivity contribution in [2.45, 2.75) is 11.3 Å². The minimum absolute atomic E-state index is 0.0405. The van der Waals surface area contributed by atoms with E-state index in [-0.39, 0.29) is 22.3 Å². The highest BCUT2D eigenvalue weighted by atomic mass is 32.2. The van der Waals surface area contributed by atoms with Gasteiger partial charge in [-0.25, -0.2) is 13.1 Å². The quantitative estimate of drug-likeness (QED) is 0.584. The number of sulfonamides is 1. The Morgan fingerprint density at radius 3 is 2.86 bits per heavy atom. The number of rotatable bonds is 6. The molecule has 1 aliphatic heterocycles. The summed E-state index contributed by atoms with van der Waals surface area (Å²) in [4.78, 5) is 10.0. The second kappa shape index (κ2) is 6.37. The number of non-ortho nitro benzene ring substituents is 1. The molecular formula is C12H17N3O5S. The van der Waals surface area contributed by atoms with Crippen LogP contribution in [0.1, 0.15) is 6.42 Å². The van der Waals surface area contributed by atoms with Crippen molar-refractivity contribution in [1.82, 2.24) is 10.0 Å². The molecule has 1 aliphatic rings. The molecule has 116 valence electrons. The third-order valence-electron chi connectivity index (χ3n) is 3.37. The largest absolute Gasteiger partial charge is 0.495 e. The van der Waals surface area contributed by atoms with Crippen LogP contribution in [0.5, 0.6) is 5.75 Å². The third kappa shape index (κ3) is 3.69. The van der Waals surface area contributed by atoms with Gasteiger partial charge in [0.25, 0.3) is 5.69 Å². The molecule has 0 bridgehead atoms. The first kappa shape index (κ1) is 15.7. The molecule has 1 fully saturated rings. The predicted molar refractivity (Wildman–Crippen MR) is 75.8 cm³/mol. The zero-order valence-corrected chi connectivity index (χ0v) is 12.4. The number of ether oxygens (including phenoxy) is 1. The second-order valence-corrected chi connectivity index (χ2v) is 6.54. The van der Waals surface area contributed by atoms with Crippen LogP contribution in [-0.2, 0) is 10.0 Å². The van der Waals surface area contributed by atoms with Gasteiger partial charge in [0, 0.05) is 12.6 Å². The Kier molecular flexibility index (Phi) is 4.76. The molecule has 0 aromatic heterocycles. The van der Waals surface area contributed by atoms with Crippen LogP contribution in [0.2, 0.25) is 0 Å². The number of nitro groups is 1. The average Bonchev–Trinajstić information content (AvgIpc) is 2.97. The molecular weight excluding hydrogens is 298 g/mol. The van der Waals surface area contributed by atoms with E-state index < -0.39 is 14.9 Å². The zero-order chi connectivity index (χ0) is 15.5. The number of nitrogens with one attached hydrogen (secondary N) is 2. The smallest absolute Gasteiger partial charge is 0.273 e. The van der Waals surface area contributed by atoms with Gasteiger partial charge in [-0.3, -0.25) is 10.1 Å². The van der Waals surface area contributed by atoms with Gasteiger partial charge in [-0.1, -0.05) is 0 Å². The highest BCUT2D eigenvalue weighted by Crippen LogP contribution is 2.28. The number of hydrogen-bond acceptors (Lipinski definition) is 6. The lowest BCUT2D eigenvalue weighted by Crippen LogP contribution is -2.30. The van der Waals surface area contributed by atoms with Crippen molar-refractivity contribution < 1.29 is 18.1 Å². The summed E-state index contributed by atoms with van der Waals surface area (Å²) in [7, 11) is -2.48. The first-order valence-electron chi connectivity index (χ1n) is 6.47. The zero-order valence-electron chi connectivity index (χ0n) is 11.5. The van der Waals surface area contributed by atoms with E-state index in [2.05, 4.69) is 10.0 Å². The molecule has 1 saturated heterocycles. The molecule has 21 heavy (non-hydrogen) atoms. The van der Waals surface area contributed by atoms with Gasteiger partial charge in [-0.05, 0) is 31.5 Å². The molecule has 2 rings (SSSR count). The van der Waals surface area contributed by atoms with Gasteiger partial charge in [-0.2, -0.15) is 0 Å². The van der Waals surface area contributed by atoms with E-state index in [0.29, 0.717) is 6.54 Å². The van der Waals surface area contributed by atoms with Gasteiger partial charge in [0.2, 0.25) is 10.0 Å². The molecule has 9 heteroatoms. The van der Waals surface area contributed by atoms with Crippen LogP contribution in [-0.4, -0.2) is 40.1 Å². The Morgan fingerprint density at radius 1 is 1.52 bits per heavy atom. The Labute approximate surface area is 122 Å². The molecule has 0 radical (unpaired) electrons. The van der Waals surface area contributed by atoms with Crippen molar-refractivity contribution in [2.24, 2.45) is 5.92 Å². The fraction of sp³-hybridized carbons (Fsp3) is 0.500. The monoisotopic (exact) mass is 315 g/mol. The van der Waals surface area contributed by atoms with Crippen LogP contribution >= 0.6 is 0 Å². The molecule has 0 amide bonds. The molecule has 1 aromatic carbocycles. The van der Waals surface area contributed by atoms with Crippen LogP contribution in [0.3, 0.4) is 0 Å². The van der Waals surface area contributed by atoms with E-state index in [0.717, 1.165) is 31.6 Å². The maximum absolute atomic E-state index is 12.3. The highest BCUT2D eigenvalue weighted by molar-refractivity contribution is 7.89. The van der Waals surface area contributed by atoms with Gasteiger partial charge in [0.1, 0.15) is 10.6 Å².